The number of aryl methyl sites for hydroxylation is 1. The van der Waals surface area contributed by atoms with Gasteiger partial charge in [0.25, 0.3) is 0 Å². The van der Waals surface area contributed by atoms with Crippen LogP contribution in [0, 0.1) is 11.8 Å². The van der Waals surface area contributed by atoms with Crippen LogP contribution in [0.3, 0.4) is 0 Å². The van der Waals surface area contributed by atoms with Gasteiger partial charge in [-0.05, 0) is 50.3 Å². The molecule has 5 rings (SSSR count). The highest BCUT2D eigenvalue weighted by Gasteiger charge is 2.43. The average molecular weight is 367 g/mol. The quantitative estimate of drug-likeness (QED) is 0.817. The fraction of sp³-hybridized carbons (Fsp3) is 0.571. The summed E-state index contributed by atoms with van der Waals surface area (Å²) in [6.45, 7) is 5.01. The molecule has 4 heterocycles. The summed E-state index contributed by atoms with van der Waals surface area (Å²) in [6.07, 6.45) is 7.62. The normalized spacial score (nSPS) is 26.9. The Morgan fingerprint density at radius 3 is 2.89 bits per heavy atom. The number of rotatable bonds is 7. The zero-order valence-corrected chi connectivity index (χ0v) is 16.1. The molecule has 3 aliphatic heterocycles. The zero-order chi connectivity index (χ0) is 18.6. The van der Waals surface area contributed by atoms with Crippen LogP contribution in [-0.2, 0) is 17.8 Å². The molecule has 27 heavy (non-hydrogen) atoms. The summed E-state index contributed by atoms with van der Waals surface area (Å²) in [6, 6.07) is 10.2. The summed E-state index contributed by atoms with van der Waals surface area (Å²) < 4.78 is 2.00. The maximum atomic E-state index is 12.8. The predicted octanol–water partition coefficient (Wildman–Crippen LogP) is 2.97. The van der Waals surface area contributed by atoms with E-state index in [0.29, 0.717) is 12.0 Å². The molecule has 1 unspecified atom stereocenters. The SMILES string of the molecule is CCCCc1cn(C[C@H]2C[C@@H]3CCN2C[C@@H]3C(=O)Nc2ccccc2)nn1. The first-order chi connectivity index (χ1) is 13.2. The van der Waals surface area contributed by atoms with Crippen LogP contribution in [0.2, 0.25) is 0 Å². The van der Waals surface area contributed by atoms with Gasteiger partial charge in [-0.3, -0.25) is 14.4 Å². The number of aromatic nitrogens is 3. The van der Waals surface area contributed by atoms with Crippen molar-refractivity contribution in [2.75, 3.05) is 18.4 Å². The molecule has 0 aliphatic carbocycles. The summed E-state index contributed by atoms with van der Waals surface area (Å²) in [7, 11) is 0. The number of unbranched alkanes of at least 4 members (excludes halogenated alkanes) is 1. The van der Waals surface area contributed by atoms with Gasteiger partial charge in [-0.1, -0.05) is 36.8 Å². The molecular formula is C21H29N5O. The number of benzene rings is 1. The Balaban J connectivity index is 1.34. The lowest BCUT2D eigenvalue weighted by Gasteiger charge is -2.49. The standard InChI is InChI=1S/C21H29N5O/c1-2-3-7-18-13-26(24-23-18)14-19-12-16-10-11-25(19)15-20(16)21(27)22-17-8-5-4-6-9-17/h4-6,8-9,13,16,19-20H,2-3,7,10-12,14-15H2,1H3,(H,22,27)/t16-,19+,20-/m0/s1. The van der Waals surface area contributed by atoms with Crippen molar-refractivity contribution in [1.82, 2.24) is 19.9 Å². The molecule has 2 aromatic rings. The van der Waals surface area contributed by atoms with Crippen molar-refractivity contribution in [3.8, 4) is 0 Å². The van der Waals surface area contributed by atoms with E-state index < -0.39 is 0 Å². The minimum Gasteiger partial charge on any atom is -0.326 e. The Bertz CT molecular complexity index is 759. The monoisotopic (exact) mass is 367 g/mol. The third-order valence-electron chi connectivity index (χ3n) is 6.03. The van der Waals surface area contributed by atoms with E-state index in [1.165, 1.54) is 6.42 Å². The van der Waals surface area contributed by atoms with Crippen molar-refractivity contribution in [3.05, 3.63) is 42.2 Å². The Morgan fingerprint density at radius 2 is 2.15 bits per heavy atom. The second kappa shape index (κ2) is 8.21. The first-order valence-electron chi connectivity index (χ1n) is 10.2. The molecule has 0 saturated carbocycles. The highest BCUT2D eigenvalue weighted by Crippen LogP contribution is 2.37. The highest BCUT2D eigenvalue weighted by molar-refractivity contribution is 5.93. The number of amides is 1. The minimum atomic E-state index is 0.0890. The Morgan fingerprint density at radius 1 is 1.30 bits per heavy atom. The maximum Gasteiger partial charge on any atom is 0.229 e. The Labute approximate surface area is 160 Å². The van der Waals surface area contributed by atoms with Gasteiger partial charge in [0, 0.05) is 24.5 Å². The molecule has 3 fully saturated rings. The maximum absolute atomic E-state index is 12.8. The molecule has 6 nitrogen and oxygen atoms in total. The number of fused-ring (bicyclic) bond motifs is 3. The number of carbonyl (C=O) groups is 1. The fourth-order valence-electron chi connectivity index (χ4n) is 4.50. The molecule has 3 saturated heterocycles. The first-order valence-corrected chi connectivity index (χ1v) is 10.2. The number of carbonyl (C=O) groups excluding carboxylic acids is 1. The smallest absolute Gasteiger partial charge is 0.229 e. The van der Waals surface area contributed by atoms with Crippen LogP contribution in [0.15, 0.2) is 36.5 Å². The second-order valence-corrected chi connectivity index (χ2v) is 7.93. The van der Waals surface area contributed by atoms with Crippen LogP contribution >= 0.6 is 0 Å². The van der Waals surface area contributed by atoms with Crippen LogP contribution in [0.5, 0.6) is 0 Å². The molecule has 1 amide bonds. The summed E-state index contributed by atoms with van der Waals surface area (Å²) in [5, 5.41) is 11.7. The predicted molar refractivity (Wildman–Crippen MR) is 105 cm³/mol. The fourth-order valence-corrected chi connectivity index (χ4v) is 4.50. The van der Waals surface area contributed by atoms with Crippen LogP contribution in [0.25, 0.3) is 0 Å². The van der Waals surface area contributed by atoms with Gasteiger partial charge in [-0.2, -0.15) is 0 Å². The average Bonchev–Trinajstić information content (AvgIpc) is 3.15. The largest absolute Gasteiger partial charge is 0.326 e. The Hall–Kier alpha value is -2.21. The number of hydrogen-bond donors (Lipinski definition) is 1. The summed E-state index contributed by atoms with van der Waals surface area (Å²) in [4.78, 5) is 15.2. The molecule has 0 radical (unpaired) electrons. The van der Waals surface area contributed by atoms with Gasteiger partial charge >= 0.3 is 0 Å². The molecule has 144 valence electrons. The number of anilines is 1. The first kappa shape index (κ1) is 18.2. The van der Waals surface area contributed by atoms with Crippen LogP contribution in [-0.4, -0.2) is 44.9 Å². The molecule has 1 aromatic heterocycles. The summed E-state index contributed by atoms with van der Waals surface area (Å²) in [5.41, 5.74) is 1.98. The van der Waals surface area contributed by atoms with Gasteiger partial charge in [0.15, 0.2) is 0 Å². The summed E-state index contributed by atoms with van der Waals surface area (Å²) in [5.74, 6) is 0.717. The molecule has 1 N–H and O–H groups in total. The molecule has 6 heteroatoms. The van der Waals surface area contributed by atoms with E-state index in [0.717, 1.165) is 56.7 Å². The van der Waals surface area contributed by atoms with Gasteiger partial charge in [-0.25, -0.2) is 0 Å². The third kappa shape index (κ3) is 4.21. The molecule has 0 spiro atoms. The van der Waals surface area contributed by atoms with Gasteiger partial charge in [-0.15, -0.1) is 5.10 Å². The molecule has 3 aliphatic rings. The van der Waals surface area contributed by atoms with Crippen molar-refractivity contribution in [2.24, 2.45) is 11.8 Å². The number of piperidine rings is 3. The van der Waals surface area contributed by atoms with Crippen molar-refractivity contribution in [1.29, 1.82) is 0 Å². The highest BCUT2D eigenvalue weighted by atomic mass is 16.2. The lowest BCUT2D eigenvalue weighted by atomic mass is 9.75. The van der Waals surface area contributed by atoms with E-state index in [4.69, 9.17) is 0 Å². The lowest BCUT2D eigenvalue weighted by molar-refractivity contribution is -0.127. The number of hydrogen-bond acceptors (Lipinski definition) is 4. The van der Waals surface area contributed by atoms with Crippen molar-refractivity contribution < 1.29 is 4.79 Å². The van der Waals surface area contributed by atoms with Crippen molar-refractivity contribution >= 4 is 11.6 Å². The number of nitrogens with one attached hydrogen (secondary N) is 1. The van der Waals surface area contributed by atoms with E-state index in [-0.39, 0.29) is 11.8 Å². The third-order valence-corrected chi connectivity index (χ3v) is 6.03. The number of para-hydroxylation sites is 1. The Kier molecular flexibility index (Phi) is 5.53. The summed E-state index contributed by atoms with van der Waals surface area (Å²) >= 11 is 0. The van der Waals surface area contributed by atoms with Gasteiger partial charge < -0.3 is 5.32 Å². The number of nitrogens with zero attached hydrogens (tertiary/aromatic N) is 4. The van der Waals surface area contributed by atoms with Crippen molar-refractivity contribution in [3.63, 3.8) is 0 Å². The topological polar surface area (TPSA) is 63.1 Å². The van der Waals surface area contributed by atoms with E-state index in [9.17, 15) is 4.79 Å². The van der Waals surface area contributed by atoms with Crippen LogP contribution in [0.1, 0.15) is 38.3 Å². The second-order valence-electron chi connectivity index (χ2n) is 7.93. The van der Waals surface area contributed by atoms with Crippen LogP contribution in [0.4, 0.5) is 5.69 Å². The minimum absolute atomic E-state index is 0.0890. The van der Waals surface area contributed by atoms with Crippen molar-refractivity contribution in [2.45, 2.75) is 51.6 Å². The zero-order valence-electron chi connectivity index (χ0n) is 16.1. The van der Waals surface area contributed by atoms with Gasteiger partial charge in [0.05, 0.1) is 18.2 Å². The van der Waals surface area contributed by atoms with E-state index >= 15 is 0 Å². The van der Waals surface area contributed by atoms with E-state index in [2.05, 4.69) is 33.6 Å². The molecule has 2 bridgehead atoms. The van der Waals surface area contributed by atoms with E-state index in [1.54, 1.807) is 0 Å². The molecular weight excluding hydrogens is 338 g/mol. The lowest BCUT2D eigenvalue weighted by Crippen LogP contribution is -2.57. The van der Waals surface area contributed by atoms with E-state index in [1.807, 2.05) is 35.0 Å². The van der Waals surface area contributed by atoms with Crippen LogP contribution < -0.4 is 5.32 Å². The molecule has 4 atom stereocenters. The van der Waals surface area contributed by atoms with Gasteiger partial charge in [0.1, 0.15) is 0 Å². The molecule has 1 aromatic carbocycles. The van der Waals surface area contributed by atoms with Gasteiger partial charge in [0.2, 0.25) is 5.91 Å².